The molecule has 0 saturated heterocycles. The first kappa shape index (κ1) is 18.7. The third kappa shape index (κ3) is 3.17. The average Bonchev–Trinajstić information content (AvgIpc) is 3.01. The van der Waals surface area contributed by atoms with Gasteiger partial charge in [0.1, 0.15) is 0 Å². The summed E-state index contributed by atoms with van der Waals surface area (Å²) < 4.78 is 28.7. The molecule has 0 aliphatic heterocycles. The summed E-state index contributed by atoms with van der Waals surface area (Å²) in [5.74, 6) is 0. The fourth-order valence-corrected chi connectivity index (χ4v) is 5.23. The molecule has 1 heterocycles. The molecule has 2 N–H and O–H groups in total. The van der Waals surface area contributed by atoms with Gasteiger partial charge in [-0.05, 0) is 80.5 Å². The lowest BCUT2D eigenvalue weighted by Crippen LogP contribution is -2.28. The summed E-state index contributed by atoms with van der Waals surface area (Å²) in [5.41, 5.74) is 7.12. The lowest BCUT2D eigenvalue weighted by Gasteiger charge is -2.19. The van der Waals surface area contributed by atoms with E-state index in [2.05, 4.69) is 15.8 Å². The van der Waals surface area contributed by atoms with Crippen molar-refractivity contribution >= 4 is 20.9 Å². The van der Waals surface area contributed by atoms with Gasteiger partial charge in [-0.2, -0.15) is 0 Å². The van der Waals surface area contributed by atoms with Gasteiger partial charge in [0.15, 0.2) is 0 Å². The molecule has 3 rings (SSSR count). The van der Waals surface area contributed by atoms with Crippen molar-refractivity contribution in [3.8, 4) is 0 Å². The second kappa shape index (κ2) is 6.89. The molecule has 0 amide bonds. The third-order valence-electron chi connectivity index (χ3n) is 5.56. The summed E-state index contributed by atoms with van der Waals surface area (Å²) in [6, 6.07) is 8.05. The van der Waals surface area contributed by atoms with Gasteiger partial charge in [0.2, 0.25) is 10.0 Å². The Labute approximate surface area is 155 Å². The summed E-state index contributed by atoms with van der Waals surface area (Å²) >= 11 is 0. The average molecular weight is 371 g/mol. The van der Waals surface area contributed by atoms with Crippen molar-refractivity contribution in [2.24, 2.45) is 0 Å². The van der Waals surface area contributed by atoms with Crippen LogP contribution in [0.4, 0.5) is 0 Å². The number of aromatic nitrogens is 1. The molecule has 4 nitrogen and oxygen atoms in total. The highest BCUT2D eigenvalue weighted by molar-refractivity contribution is 7.89. The summed E-state index contributed by atoms with van der Waals surface area (Å²) in [6.45, 7) is 10.2. The number of hydrogen-bond acceptors (Lipinski definition) is 2. The Morgan fingerprint density at radius 1 is 0.885 bits per heavy atom. The molecule has 0 fully saturated rings. The molecule has 0 unspecified atom stereocenters. The van der Waals surface area contributed by atoms with Gasteiger partial charge < -0.3 is 4.98 Å². The molecule has 138 valence electrons. The standard InChI is InChI=1S/C21H26N2O2S/c1-13-14(2)16(4)21(17(5)15(13)3)26(24,25)23-11-10-18-12-22-20-9-7-6-8-19(18)20/h6-9,12,22-23H,10-11H2,1-5H3. The van der Waals surface area contributed by atoms with Gasteiger partial charge in [0.25, 0.3) is 0 Å². The summed E-state index contributed by atoms with van der Waals surface area (Å²) in [6.07, 6.45) is 2.60. The molecule has 0 aliphatic rings. The molecule has 2 aromatic carbocycles. The summed E-state index contributed by atoms with van der Waals surface area (Å²) in [4.78, 5) is 3.66. The van der Waals surface area contributed by atoms with Gasteiger partial charge in [-0.3, -0.25) is 0 Å². The number of rotatable bonds is 5. The van der Waals surface area contributed by atoms with Crippen molar-refractivity contribution in [2.75, 3.05) is 6.54 Å². The van der Waals surface area contributed by atoms with Crippen molar-refractivity contribution < 1.29 is 8.42 Å². The second-order valence-corrected chi connectivity index (χ2v) is 8.67. The van der Waals surface area contributed by atoms with E-state index in [4.69, 9.17) is 0 Å². The lowest BCUT2D eigenvalue weighted by molar-refractivity contribution is 0.580. The molecule has 0 spiro atoms. The van der Waals surface area contributed by atoms with Gasteiger partial charge in [-0.1, -0.05) is 18.2 Å². The smallest absolute Gasteiger partial charge is 0.241 e. The zero-order chi connectivity index (χ0) is 19.1. The van der Waals surface area contributed by atoms with Crippen molar-refractivity contribution in [1.29, 1.82) is 0 Å². The number of para-hydroxylation sites is 1. The van der Waals surface area contributed by atoms with Crippen molar-refractivity contribution in [1.82, 2.24) is 9.71 Å². The van der Waals surface area contributed by atoms with Gasteiger partial charge in [-0.25, -0.2) is 13.1 Å². The predicted octanol–water partition coefficient (Wildman–Crippen LogP) is 4.23. The van der Waals surface area contributed by atoms with E-state index < -0.39 is 10.0 Å². The van der Waals surface area contributed by atoms with E-state index in [1.807, 2.05) is 59.0 Å². The van der Waals surface area contributed by atoms with Crippen LogP contribution in [0.3, 0.4) is 0 Å². The number of nitrogens with one attached hydrogen (secondary N) is 2. The number of sulfonamides is 1. The van der Waals surface area contributed by atoms with Crippen LogP contribution >= 0.6 is 0 Å². The quantitative estimate of drug-likeness (QED) is 0.706. The number of benzene rings is 2. The number of H-pyrrole nitrogens is 1. The third-order valence-corrected chi connectivity index (χ3v) is 7.30. The highest BCUT2D eigenvalue weighted by Gasteiger charge is 2.23. The highest BCUT2D eigenvalue weighted by Crippen LogP contribution is 2.29. The minimum atomic E-state index is -3.55. The Morgan fingerprint density at radius 2 is 1.46 bits per heavy atom. The lowest BCUT2D eigenvalue weighted by atomic mass is 9.95. The summed E-state index contributed by atoms with van der Waals surface area (Å²) in [7, 11) is -3.55. The van der Waals surface area contributed by atoms with E-state index >= 15 is 0 Å². The maximum absolute atomic E-state index is 13.0. The first-order valence-corrected chi connectivity index (χ1v) is 10.3. The molecule has 5 heteroatoms. The van der Waals surface area contributed by atoms with E-state index in [1.165, 1.54) is 0 Å². The molecular formula is C21H26N2O2S. The molecule has 26 heavy (non-hydrogen) atoms. The van der Waals surface area contributed by atoms with Crippen LogP contribution in [0.2, 0.25) is 0 Å². The fourth-order valence-electron chi connectivity index (χ4n) is 3.60. The predicted molar refractivity (Wildman–Crippen MR) is 107 cm³/mol. The van der Waals surface area contributed by atoms with Gasteiger partial charge in [0.05, 0.1) is 4.90 Å². The Balaban J connectivity index is 1.84. The fraction of sp³-hybridized carbons (Fsp3) is 0.333. The first-order valence-electron chi connectivity index (χ1n) is 8.85. The maximum Gasteiger partial charge on any atom is 0.241 e. The first-order chi connectivity index (χ1) is 12.2. The molecule has 0 radical (unpaired) electrons. The molecular weight excluding hydrogens is 344 g/mol. The van der Waals surface area contributed by atoms with Gasteiger partial charge in [-0.15, -0.1) is 0 Å². The Morgan fingerprint density at radius 3 is 2.12 bits per heavy atom. The minimum absolute atomic E-state index is 0.370. The normalized spacial score (nSPS) is 12.0. The molecule has 0 aliphatic carbocycles. The second-order valence-electron chi connectivity index (χ2n) is 6.96. The van der Waals surface area contributed by atoms with Crippen molar-refractivity contribution in [3.05, 3.63) is 63.8 Å². The minimum Gasteiger partial charge on any atom is -0.361 e. The molecule has 0 saturated carbocycles. The number of aromatic amines is 1. The summed E-state index contributed by atoms with van der Waals surface area (Å²) in [5, 5.41) is 1.14. The van der Waals surface area contributed by atoms with Gasteiger partial charge in [0, 0.05) is 23.6 Å². The van der Waals surface area contributed by atoms with E-state index in [-0.39, 0.29) is 0 Å². The molecule has 1 aromatic heterocycles. The van der Waals surface area contributed by atoms with E-state index in [9.17, 15) is 8.42 Å². The largest absolute Gasteiger partial charge is 0.361 e. The Bertz CT molecular complexity index is 1050. The van der Waals surface area contributed by atoms with Crippen LogP contribution in [0.15, 0.2) is 35.4 Å². The highest BCUT2D eigenvalue weighted by atomic mass is 32.2. The number of hydrogen-bond donors (Lipinski definition) is 2. The monoisotopic (exact) mass is 370 g/mol. The molecule has 3 aromatic rings. The van der Waals surface area contributed by atoms with Crippen molar-refractivity contribution in [3.63, 3.8) is 0 Å². The Kier molecular flexibility index (Phi) is 4.95. The van der Waals surface area contributed by atoms with Crippen LogP contribution < -0.4 is 4.72 Å². The van der Waals surface area contributed by atoms with E-state index in [0.717, 1.165) is 44.3 Å². The van der Waals surface area contributed by atoms with Crippen LogP contribution in [0.1, 0.15) is 33.4 Å². The van der Waals surface area contributed by atoms with E-state index in [0.29, 0.717) is 17.9 Å². The van der Waals surface area contributed by atoms with Crippen LogP contribution in [-0.2, 0) is 16.4 Å². The topological polar surface area (TPSA) is 62.0 Å². The number of fused-ring (bicyclic) bond motifs is 1. The van der Waals surface area contributed by atoms with Crippen molar-refractivity contribution in [2.45, 2.75) is 45.9 Å². The Hall–Kier alpha value is -2.11. The van der Waals surface area contributed by atoms with Crippen LogP contribution in [0, 0.1) is 34.6 Å². The zero-order valence-corrected chi connectivity index (χ0v) is 16.8. The van der Waals surface area contributed by atoms with Crippen LogP contribution in [0.5, 0.6) is 0 Å². The van der Waals surface area contributed by atoms with Gasteiger partial charge >= 0.3 is 0 Å². The molecule has 0 atom stereocenters. The SMILES string of the molecule is Cc1c(C)c(C)c(S(=O)(=O)NCCc2c[nH]c3ccccc23)c(C)c1C. The van der Waals surface area contributed by atoms with Crippen LogP contribution in [-0.4, -0.2) is 19.9 Å². The van der Waals surface area contributed by atoms with Crippen LogP contribution in [0.25, 0.3) is 10.9 Å². The van der Waals surface area contributed by atoms with E-state index in [1.54, 1.807) is 0 Å². The molecule has 0 bridgehead atoms. The maximum atomic E-state index is 13.0. The zero-order valence-electron chi connectivity index (χ0n) is 16.0.